The van der Waals surface area contributed by atoms with Gasteiger partial charge in [-0.3, -0.25) is 9.78 Å². The first-order valence-electron chi connectivity index (χ1n) is 6.27. The van der Waals surface area contributed by atoms with Gasteiger partial charge in [0.2, 0.25) is 5.82 Å². The Bertz CT molecular complexity index is 837. The van der Waals surface area contributed by atoms with Gasteiger partial charge >= 0.3 is 0 Å². The molecule has 0 radical (unpaired) electrons. The number of nitriles is 1. The highest BCUT2D eigenvalue weighted by atomic mass is 16.1. The van der Waals surface area contributed by atoms with E-state index in [1.54, 1.807) is 42.7 Å². The van der Waals surface area contributed by atoms with Crippen molar-refractivity contribution < 1.29 is 4.79 Å². The molecule has 2 aromatic heterocycles. The minimum Gasteiger partial charge on any atom is -0.322 e. The van der Waals surface area contributed by atoms with Gasteiger partial charge in [-0.25, -0.2) is 0 Å². The summed E-state index contributed by atoms with van der Waals surface area (Å²) in [4.78, 5) is 16.1. The van der Waals surface area contributed by atoms with Crippen molar-refractivity contribution in [3.63, 3.8) is 0 Å². The Labute approximate surface area is 124 Å². The number of rotatable bonds is 3. The van der Waals surface area contributed by atoms with E-state index in [1.165, 1.54) is 0 Å². The lowest BCUT2D eigenvalue weighted by molar-refractivity contribution is 0.102. The molecular formula is C14H9N7O. The Morgan fingerprint density at radius 3 is 2.73 bits per heavy atom. The Kier molecular flexibility index (Phi) is 3.53. The average Bonchev–Trinajstić information content (AvgIpc) is 3.09. The number of benzene rings is 1. The molecule has 1 amide bonds. The van der Waals surface area contributed by atoms with E-state index in [1.807, 2.05) is 6.07 Å². The smallest absolute Gasteiger partial charge is 0.257 e. The maximum Gasteiger partial charge on any atom is 0.257 e. The number of pyridine rings is 1. The lowest BCUT2D eigenvalue weighted by Gasteiger charge is -2.07. The minimum absolute atomic E-state index is 0.230. The standard InChI is InChI=1S/C14H9N7O/c15-8-10-7-9(13-18-20-21-19-13)1-2-12(10)14(22)17-11-3-5-16-6-4-11/h1-7H,(H,16,17,22)(H,18,19,20,21). The van der Waals surface area contributed by atoms with Crippen LogP contribution in [0.4, 0.5) is 5.69 Å². The Morgan fingerprint density at radius 2 is 2.05 bits per heavy atom. The first kappa shape index (κ1) is 13.4. The van der Waals surface area contributed by atoms with Crippen LogP contribution in [0.15, 0.2) is 42.7 Å². The van der Waals surface area contributed by atoms with E-state index in [9.17, 15) is 10.1 Å². The second-order valence-electron chi connectivity index (χ2n) is 4.30. The predicted octanol–water partition coefficient (Wildman–Crippen LogP) is 1.39. The van der Waals surface area contributed by atoms with E-state index >= 15 is 0 Å². The SMILES string of the molecule is N#Cc1cc(-c2nn[nH]n2)ccc1C(=O)Nc1ccncc1. The number of hydrogen-bond acceptors (Lipinski definition) is 6. The summed E-state index contributed by atoms with van der Waals surface area (Å²) in [5.41, 5.74) is 1.71. The van der Waals surface area contributed by atoms with Gasteiger partial charge in [-0.1, -0.05) is 6.07 Å². The largest absolute Gasteiger partial charge is 0.322 e. The lowest BCUT2D eigenvalue weighted by Crippen LogP contribution is -2.13. The van der Waals surface area contributed by atoms with Gasteiger partial charge in [-0.05, 0) is 29.5 Å². The number of carbonyl (C=O) groups excluding carboxylic acids is 1. The molecule has 1 aromatic carbocycles. The Balaban J connectivity index is 1.91. The summed E-state index contributed by atoms with van der Waals surface area (Å²) in [6, 6.07) is 10.1. The summed E-state index contributed by atoms with van der Waals surface area (Å²) >= 11 is 0. The second kappa shape index (κ2) is 5.80. The third-order valence-corrected chi connectivity index (χ3v) is 2.93. The summed E-state index contributed by atoms with van der Waals surface area (Å²) in [6.45, 7) is 0. The predicted molar refractivity (Wildman–Crippen MR) is 76.5 cm³/mol. The van der Waals surface area contributed by atoms with Crippen LogP contribution in [0.3, 0.4) is 0 Å². The molecule has 0 aliphatic carbocycles. The highest BCUT2D eigenvalue weighted by molar-refractivity contribution is 6.06. The Hall–Kier alpha value is -3.60. The number of amides is 1. The van der Waals surface area contributed by atoms with Crippen LogP contribution in [-0.2, 0) is 0 Å². The summed E-state index contributed by atoms with van der Waals surface area (Å²) in [5.74, 6) is -0.0139. The zero-order chi connectivity index (χ0) is 15.4. The zero-order valence-corrected chi connectivity index (χ0v) is 11.2. The fourth-order valence-corrected chi connectivity index (χ4v) is 1.89. The zero-order valence-electron chi connectivity index (χ0n) is 11.2. The normalized spacial score (nSPS) is 9.95. The van der Waals surface area contributed by atoms with Gasteiger partial charge in [0.1, 0.15) is 0 Å². The van der Waals surface area contributed by atoms with Crippen molar-refractivity contribution in [2.45, 2.75) is 0 Å². The van der Waals surface area contributed by atoms with Crippen LogP contribution in [0.5, 0.6) is 0 Å². The third-order valence-electron chi connectivity index (χ3n) is 2.93. The molecule has 106 valence electrons. The average molecular weight is 291 g/mol. The molecule has 0 saturated carbocycles. The number of aromatic nitrogens is 5. The number of carbonyl (C=O) groups is 1. The van der Waals surface area contributed by atoms with Crippen LogP contribution in [0.2, 0.25) is 0 Å². The molecule has 22 heavy (non-hydrogen) atoms. The van der Waals surface area contributed by atoms with Crippen molar-refractivity contribution in [3.8, 4) is 17.5 Å². The summed E-state index contributed by atoms with van der Waals surface area (Å²) in [7, 11) is 0. The van der Waals surface area contributed by atoms with Gasteiger partial charge in [0.15, 0.2) is 0 Å². The molecule has 0 unspecified atom stereocenters. The molecule has 3 aromatic rings. The van der Waals surface area contributed by atoms with Crippen molar-refractivity contribution >= 4 is 11.6 Å². The molecule has 0 saturated heterocycles. The highest BCUT2D eigenvalue weighted by Crippen LogP contribution is 2.19. The van der Waals surface area contributed by atoms with E-state index in [0.717, 1.165) is 0 Å². The first-order chi connectivity index (χ1) is 10.8. The first-order valence-corrected chi connectivity index (χ1v) is 6.27. The van der Waals surface area contributed by atoms with Crippen molar-refractivity contribution in [1.82, 2.24) is 25.6 Å². The van der Waals surface area contributed by atoms with Crippen LogP contribution in [0.1, 0.15) is 15.9 Å². The molecule has 0 fully saturated rings. The van der Waals surface area contributed by atoms with E-state index < -0.39 is 0 Å². The topological polar surface area (TPSA) is 120 Å². The molecule has 0 spiro atoms. The van der Waals surface area contributed by atoms with Crippen LogP contribution in [-0.4, -0.2) is 31.5 Å². The number of nitrogens with zero attached hydrogens (tertiary/aromatic N) is 5. The van der Waals surface area contributed by atoms with Crippen LogP contribution < -0.4 is 5.32 Å². The lowest BCUT2D eigenvalue weighted by atomic mass is 10.0. The number of nitrogens with one attached hydrogen (secondary N) is 2. The number of anilines is 1. The molecular weight excluding hydrogens is 282 g/mol. The number of H-pyrrole nitrogens is 1. The van der Waals surface area contributed by atoms with Gasteiger partial charge in [0.05, 0.1) is 17.2 Å². The van der Waals surface area contributed by atoms with Gasteiger partial charge in [-0.2, -0.15) is 10.5 Å². The molecule has 0 aliphatic heterocycles. The summed E-state index contributed by atoms with van der Waals surface area (Å²) < 4.78 is 0. The van der Waals surface area contributed by atoms with Crippen LogP contribution in [0.25, 0.3) is 11.4 Å². The molecule has 8 heteroatoms. The van der Waals surface area contributed by atoms with Crippen molar-refractivity contribution in [2.24, 2.45) is 0 Å². The third kappa shape index (κ3) is 2.64. The molecule has 0 aliphatic rings. The molecule has 8 nitrogen and oxygen atoms in total. The Morgan fingerprint density at radius 1 is 1.23 bits per heavy atom. The molecule has 0 bridgehead atoms. The molecule has 3 rings (SSSR count). The number of hydrogen-bond donors (Lipinski definition) is 2. The monoisotopic (exact) mass is 291 g/mol. The van der Waals surface area contributed by atoms with Crippen molar-refractivity contribution in [3.05, 3.63) is 53.9 Å². The van der Waals surface area contributed by atoms with E-state index in [2.05, 4.69) is 30.9 Å². The van der Waals surface area contributed by atoms with E-state index in [4.69, 9.17) is 0 Å². The van der Waals surface area contributed by atoms with Gasteiger partial charge < -0.3 is 5.32 Å². The fourth-order valence-electron chi connectivity index (χ4n) is 1.89. The summed E-state index contributed by atoms with van der Waals surface area (Å²) in [5, 5.41) is 25.4. The minimum atomic E-state index is -0.373. The summed E-state index contributed by atoms with van der Waals surface area (Å²) in [6.07, 6.45) is 3.14. The van der Waals surface area contributed by atoms with E-state index in [-0.39, 0.29) is 17.0 Å². The number of aromatic amines is 1. The second-order valence-corrected chi connectivity index (χ2v) is 4.30. The highest BCUT2D eigenvalue weighted by Gasteiger charge is 2.14. The van der Waals surface area contributed by atoms with Gasteiger partial charge in [-0.15, -0.1) is 10.2 Å². The number of tetrazole rings is 1. The maximum absolute atomic E-state index is 12.3. The molecule has 2 N–H and O–H groups in total. The van der Waals surface area contributed by atoms with Crippen molar-refractivity contribution in [1.29, 1.82) is 5.26 Å². The van der Waals surface area contributed by atoms with Gasteiger partial charge in [0.25, 0.3) is 5.91 Å². The molecule has 0 atom stereocenters. The fraction of sp³-hybridized carbons (Fsp3) is 0. The van der Waals surface area contributed by atoms with E-state index in [0.29, 0.717) is 17.1 Å². The molecule has 2 heterocycles. The van der Waals surface area contributed by atoms with Crippen LogP contribution in [0, 0.1) is 11.3 Å². The maximum atomic E-state index is 12.3. The quantitative estimate of drug-likeness (QED) is 0.752. The van der Waals surface area contributed by atoms with Crippen molar-refractivity contribution in [2.75, 3.05) is 5.32 Å². The van der Waals surface area contributed by atoms with Gasteiger partial charge in [0, 0.05) is 23.6 Å². The van der Waals surface area contributed by atoms with Crippen LogP contribution >= 0.6 is 0 Å².